The van der Waals surface area contributed by atoms with Crippen molar-refractivity contribution in [1.29, 1.82) is 0 Å². The Hall–Kier alpha value is -6.88. The van der Waals surface area contributed by atoms with E-state index in [9.17, 15) is 43.2 Å². The molecule has 0 saturated heterocycles. The van der Waals surface area contributed by atoms with E-state index in [0.29, 0.717) is 32.1 Å². The summed E-state index contributed by atoms with van der Waals surface area (Å²) in [4.78, 5) is 72.7. The van der Waals surface area contributed by atoms with Gasteiger partial charge >= 0.3 is 39.5 Å². The Balaban J connectivity index is 5.60. The number of aliphatic hydroxyl groups is 1. The number of hydrogen-bond donors (Lipinski definition) is 3. The number of unbranched alkanes of at least 4 members (excludes halogenated alkanes) is 5. The molecule has 0 aliphatic carbocycles. The maximum absolute atomic E-state index is 13.1. The molecule has 0 aliphatic heterocycles. The van der Waals surface area contributed by atoms with E-state index < -0.39 is 97.5 Å². The van der Waals surface area contributed by atoms with E-state index >= 15 is 0 Å². The standard InChI is InChI=1S/C85H128O17P2/c1-5-9-13-17-21-25-29-33-37-39-43-45-49-53-57-61-65-69-82(87)95-75-80(101-84(89)71-67-63-59-55-51-47-41-35-31-27-23-19-15-11-7-3)77-99-103(91,92)97-73-79(86)74-98-104(93,94)100-78-81(102-85(90)72-68-64-60-56-52-48-42-36-32-28-24-20-16-12-8-4)76-96-83(88)70-66-62-58-54-50-46-44-40-38-34-30-26-22-18-14-10-6-2/h9-16,21-28,33-38,41-46,51-53,55-57,63-64,67-68,79-81,86H,5-8,17-20,29-32,39-40,47-50,54,58-62,65-66,69-78H2,1-4H3,(H,91,92)(H,93,94)/b13-9-,14-10-,15-11-,16-12-,25-21-,26-22-,27-23-,28-24-,37-33-,38-34-,41-35-,42-36-,45-43-,46-44-,55-51-,56-52-,57-53-,67-63-,68-64-. The van der Waals surface area contributed by atoms with E-state index in [1.54, 1.807) is 24.3 Å². The highest BCUT2D eigenvalue weighted by Crippen LogP contribution is 2.45. The molecule has 0 aromatic rings. The summed E-state index contributed by atoms with van der Waals surface area (Å²) in [7, 11) is -10.1. The average Bonchev–Trinajstić information content (AvgIpc) is 0.937. The van der Waals surface area contributed by atoms with Gasteiger partial charge in [-0.2, -0.15) is 0 Å². The number of esters is 4. The summed E-state index contributed by atoms with van der Waals surface area (Å²) in [5.41, 5.74) is 0. The molecule has 19 heteroatoms. The summed E-state index contributed by atoms with van der Waals surface area (Å²) in [6.45, 7) is 4.02. The van der Waals surface area contributed by atoms with Gasteiger partial charge < -0.3 is 33.8 Å². The van der Waals surface area contributed by atoms with Gasteiger partial charge in [-0.25, -0.2) is 9.13 Å². The molecule has 17 nitrogen and oxygen atoms in total. The van der Waals surface area contributed by atoms with Crippen molar-refractivity contribution in [3.8, 4) is 0 Å². The Bertz CT molecular complexity index is 2890. The van der Waals surface area contributed by atoms with Crippen molar-refractivity contribution in [2.24, 2.45) is 0 Å². The van der Waals surface area contributed by atoms with E-state index in [4.69, 9.17) is 37.0 Å². The normalized spacial score (nSPS) is 15.2. The molecule has 0 rings (SSSR count). The van der Waals surface area contributed by atoms with Crippen LogP contribution in [0.3, 0.4) is 0 Å². The van der Waals surface area contributed by atoms with Crippen LogP contribution in [0.25, 0.3) is 0 Å². The summed E-state index contributed by atoms with van der Waals surface area (Å²) >= 11 is 0. The van der Waals surface area contributed by atoms with Crippen molar-refractivity contribution in [3.05, 3.63) is 231 Å². The summed E-state index contributed by atoms with van der Waals surface area (Å²) in [5.74, 6) is -2.61. The van der Waals surface area contributed by atoms with E-state index in [-0.39, 0.29) is 25.7 Å². The molecule has 0 radical (unpaired) electrons. The quantitative estimate of drug-likeness (QED) is 0.0169. The number of carbonyl (C=O) groups excluding carboxylic acids is 4. The minimum Gasteiger partial charge on any atom is -0.462 e. The molecule has 5 unspecified atom stereocenters. The average molecular weight is 1480 g/mol. The first-order valence-electron chi connectivity index (χ1n) is 37.6. The lowest BCUT2D eigenvalue weighted by Crippen LogP contribution is -2.30. The Labute approximate surface area is 625 Å². The zero-order valence-corrected chi connectivity index (χ0v) is 64.9. The number of carbonyl (C=O) groups is 4. The first kappa shape index (κ1) is 97.1. The lowest BCUT2D eigenvalue weighted by Gasteiger charge is -2.21. The zero-order chi connectivity index (χ0) is 76.0. The molecular weight excluding hydrogens is 1350 g/mol. The molecule has 0 fully saturated rings. The Morgan fingerprint density at radius 2 is 0.510 bits per heavy atom. The first-order valence-corrected chi connectivity index (χ1v) is 40.6. The second kappa shape index (κ2) is 74.4. The monoisotopic (exact) mass is 1480 g/mol. The zero-order valence-electron chi connectivity index (χ0n) is 63.1. The fourth-order valence-electron chi connectivity index (χ4n) is 8.63. The molecule has 0 aromatic heterocycles. The number of ether oxygens (including phenoxy) is 4. The fourth-order valence-corrected chi connectivity index (χ4v) is 10.2. The van der Waals surface area contributed by atoms with E-state index in [0.717, 1.165) is 135 Å². The minimum atomic E-state index is -5.04. The van der Waals surface area contributed by atoms with Crippen LogP contribution in [0.1, 0.15) is 220 Å². The lowest BCUT2D eigenvalue weighted by molar-refractivity contribution is -0.160. The molecule has 3 N–H and O–H groups in total. The number of aliphatic hydroxyl groups excluding tert-OH is 1. The number of rotatable bonds is 67. The van der Waals surface area contributed by atoms with Gasteiger partial charge in [0.1, 0.15) is 19.3 Å². The van der Waals surface area contributed by atoms with Crippen molar-refractivity contribution in [2.45, 2.75) is 239 Å². The maximum atomic E-state index is 13.1. The van der Waals surface area contributed by atoms with Gasteiger partial charge in [-0.15, -0.1) is 0 Å². The fraction of sp³-hybridized carbons (Fsp3) is 0.506. The third kappa shape index (κ3) is 73.4. The third-order valence-corrected chi connectivity index (χ3v) is 16.1. The molecule has 104 heavy (non-hydrogen) atoms. The van der Waals surface area contributed by atoms with Crippen molar-refractivity contribution in [1.82, 2.24) is 0 Å². The van der Waals surface area contributed by atoms with Crippen molar-refractivity contribution in [3.63, 3.8) is 0 Å². The molecule has 580 valence electrons. The highest BCUT2D eigenvalue weighted by atomic mass is 31.2. The van der Waals surface area contributed by atoms with Crippen LogP contribution in [0.5, 0.6) is 0 Å². The molecule has 0 spiro atoms. The smallest absolute Gasteiger partial charge is 0.462 e. The van der Waals surface area contributed by atoms with Crippen LogP contribution < -0.4 is 0 Å². The first-order chi connectivity index (χ1) is 50.7. The highest BCUT2D eigenvalue weighted by molar-refractivity contribution is 7.47. The molecular formula is C85H128O17P2. The number of allylic oxidation sites excluding steroid dienone is 36. The van der Waals surface area contributed by atoms with Crippen LogP contribution in [-0.2, 0) is 65.4 Å². The number of hydrogen-bond acceptors (Lipinski definition) is 15. The van der Waals surface area contributed by atoms with Gasteiger partial charge in [0.2, 0.25) is 0 Å². The molecule has 0 aromatic carbocycles. The van der Waals surface area contributed by atoms with E-state index in [2.05, 4.69) is 198 Å². The van der Waals surface area contributed by atoms with E-state index in [1.807, 2.05) is 36.5 Å². The Morgan fingerprint density at radius 3 is 0.798 bits per heavy atom. The van der Waals surface area contributed by atoms with Crippen LogP contribution in [-0.4, -0.2) is 96.7 Å². The van der Waals surface area contributed by atoms with Crippen LogP contribution in [0.15, 0.2) is 231 Å². The number of phosphoric acid groups is 2. The predicted molar refractivity (Wildman–Crippen MR) is 426 cm³/mol. The van der Waals surface area contributed by atoms with Crippen LogP contribution in [0, 0.1) is 0 Å². The van der Waals surface area contributed by atoms with Crippen molar-refractivity contribution < 1.29 is 80.2 Å². The number of phosphoric ester groups is 2. The van der Waals surface area contributed by atoms with Gasteiger partial charge in [-0.05, 0) is 154 Å². The summed E-state index contributed by atoms with van der Waals surface area (Å²) in [5, 5.41) is 10.6. The van der Waals surface area contributed by atoms with Crippen molar-refractivity contribution >= 4 is 39.5 Å². The maximum Gasteiger partial charge on any atom is 0.472 e. The second-order valence-electron chi connectivity index (χ2n) is 23.7. The van der Waals surface area contributed by atoms with Gasteiger partial charge in [0.15, 0.2) is 12.2 Å². The van der Waals surface area contributed by atoms with Crippen LogP contribution in [0.2, 0.25) is 0 Å². The van der Waals surface area contributed by atoms with Gasteiger partial charge in [0.25, 0.3) is 0 Å². The largest absolute Gasteiger partial charge is 0.472 e. The summed E-state index contributed by atoms with van der Waals surface area (Å²) in [6.07, 6.45) is 95.5. The van der Waals surface area contributed by atoms with Crippen LogP contribution >= 0.6 is 15.6 Å². The van der Waals surface area contributed by atoms with Crippen LogP contribution in [0.4, 0.5) is 0 Å². The van der Waals surface area contributed by atoms with Crippen molar-refractivity contribution in [2.75, 3.05) is 39.6 Å². The van der Waals surface area contributed by atoms with Gasteiger partial charge in [-0.1, -0.05) is 271 Å². The summed E-state index contributed by atoms with van der Waals surface area (Å²) in [6, 6.07) is 0. The third-order valence-electron chi connectivity index (χ3n) is 14.2. The summed E-state index contributed by atoms with van der Waals surface area (Å²) < 4.78 is 68.1. The predicted octanol–water partition coefficient (Wildman–Crippen LogP) is 21.9. The second-order valence-corrected chi connectivity index (χ2v) is 26.6. The molecule has 0 saturated carbocycles. The SMILES string of the molecule is CC/C=C\C/C=C\C/C=C\C/C=C\C/C=C\CCCC(=O)OCC(COP(=O)(O)OCC(O)COP(=O)(O)OCC(COC(=O)CCCCCC/C=C\C/C=C\C/C=C\C/C=C\CC)OC(=O)C/C=C\C/C=C\C/C=C\C/C=C\C/C=C\CC)OC(=O)C/C=C\C/C=C\C/C=C\C/C=C\C/C=C\CC. The highest BCUT2D eigenvalue weighted by Gasteiger charge is 2.30. The molecule has 5 atom stereocenters. The molecule has 0 bridgehead atoms. The molecule has 0 aliphatic rings. The Morgan fingerprint density at radius 1 is 0.279 bits per heavy atom. The topological polar surface area (TPSA) is 237 Å². The Kier molecular flexibility index (Phi) is 69.5. The van der Waals surface area contributed by atoms with Gasteiger partial charge in [0, 0.05) is 12.8 Å². The van der Waals surface area contributed by atoms with Gasteiger partial charge in [0.05, 0.1) is 39.3 Å². The minimum absolute atomic E-state index is 0.0503. The lowest BCUT2D eigenvalue weighted by atomic mass is 10.1. The molecule has 0 heterocycles. The molecule has 0 amide bonds. The van der Waals surface area contributed by atoms with Gasteiger partial charge in [-0.3, -0.25) is 37.3 Å². The van der Waals surface area contributed by atoms with E-state index in [1.165, 1.54) is 0 Å².